The van der Waals surface area contributed by atoms with Crippen LogP contribution in [0.25, 0.3) is 0 Å². The lowest BCUT2D eigenvalue weighted by molar-refractivity contribution is -0.120. The van der Waals surface area contributed by atoms with Crippen molar-refractivity contribution in [3.63, 3.8) is 0 Å². The van der Waals surface area contributed by atoms with Gasteiger partial charge in [0.1, 0.15) is 0 Å². The zero-order valence-electron chi connectivity index (χ0n) is 9.30. The van der Waals surface area contributed by atoms with Crippen molar-refractivity contribution in [2.24, 2.45) is 0 Å². The standard InChI is InChI=1S/C12H16BrNO/c1-9(15)14-12(2,3)8-10-4-6-11(13)7-5-10/h4-7H,8H2,1-3H3,(H,14,15). The smallest absolute Gasteiger partial charge is 0.217 e. The van der Waals surface area contributed by atoms with Gasteiger partial charge in [0.25, 0.3) is 0 Å². The van der Waals surface area contributed by atoms with Crippen molar-refractivity contribution in [1.82, 2.24) is 5.32 Å². The molecule has 82 valence electrons. The number of carbonyl (C=O) groups is 1. The summed E-state index contributed by atoms with van der Waals surface area (Å²) in [6.07, 6.45) is 0.833. The fourth-order valence-corrected chi connectivity index (χ4v) is 1.90. The van der Waals surface area contributed by atoms with Crippen LogP contribution in [0.4, 0.5) is 0 Å². The molecular weight excluding hydrogens is 254 g/mol. The Labute approximate surface area is 99.2 Å². The van der Waals surface area contributed by atoms with Crippen molar-refractivity contribution in [3.8, 4) is 0 Å². The van der Waals surface area contributed by atoms with Crippen LogP contribution in [-0.4, -0.2) is 11.4 Å². The summed E-state index contributed by atoms with van der Waals surface area (Å²) < 4.78 is 1.07. The van der Waals surface area contributed by atoms with Crippen molar-refractivity contribution in [2.45, 2.75) is 32.7 Å². The lowest BCUT2D eigenvalue weighted by Gasteiger charge is -2.25. The molecule has 0 aliphatic rings. The van der Waals surface area contributed by atoms with E-state index >= 15 is 0 Å². The van der Waals surface area contributed by atoms with Crippen LogP contribution in [0, 0.1) is 0 Å². The molecule has 0 atom stereocenters. The molecule has 1 rings (SSSR count). The molecule has 0 saturated heterocycles. The van der Waals surface area contributed by atoms with Gasteiger partial charge in [0, 0.05) is 16.9 Å². The van der Waals surface area contributed by atoms with Crippen LogP contribution in [0.5, 0.6) is 0 Å². The van der Waals surface area contributed by atoms with E-state index in [-0.39, 0.29) is 11.4 Å². The fraction of sp³-hybridized carbons (Fsp3) is 0.417. The number of amides is 1. The number of hydrogen-bond donors (Lipinski definition) is 1. The number of hydrogen-bond acceptors (Lipinski definition) is 1. The van der Waals surface area contributed by atoms with Gasteiger partial charge >= 0.3 is 0 Å². The van der Waals surface area contributed by atoms with Gasteiger partial charge in [-0.05, 0) is 38.0 Å². The molecule has 0 aliphatic carbocycles. The highest BCUT2D eigenvalue weighted by Crippen LogP contribution is 2.16. The molecule has 1 amide bonds. The summed E-state index contributed by atoms with van der Waals surface area (Å²) in [4.78, 5) is 11.0. The molecule has 0 heterocycles. The minimum atomic E-state index is -0.195. The van der Waals surface area contributed by atoms with Crippen LogP contribution >= 0.6 is 15.9 Å². The van der Waals surface area contributed by atoms with E-state index in [1.807, 2.05) is 26.0 Å². The van der Waals surface area contributed by atoms with Gasteiger partial charge in [-0.25, -0.2) is 0 Å². The summed E-state index contributed by atoms with van der Waals surface area (Å²) in [5.41, 5.74) is 1.02. The number of benzene rings is 1. The SMILES string of the molecule is CC(=O)NC(C)(C)Cc1ccc(Br)cc1. The first-order valence-corrected chi connectivity index (χ1v) is 5.71. The van der Waals surface area contributed by atoms with Gasteiger partial charge in [-0.15, -0.1) is 0 Å². The molecule has 3 heteroatoms. The number of rotatable bonds is 3. The zero-order chi connectivity index (χ0) is 11.5. The Morgan fingerprint density at radius 3 is 2.33 bits per heavy atom. The molecule has 0 spiro atoms. The number of carbonyl (C=O) groups excluding carboxylic acids is 1. The average molecular weight is 270 g/mol. The highest BCUT2D eigenvalue weighted by molar-refractivity contribution is 9.10. The molecule has 0 unspecified atom stereocenters. The molecule has 15 heavy (non-hydrogen) atoms. The molecule has 2 nitrogen and oxygen atoms in total. The highest BCUT2D eigenvalue weighted by atomic mass is 79.9. The largest absolute Gasteiger partial charge is 0.351 e. The minimum absolute atomic E-state index is 0.0112. The summed E-state index contributed by atoms with van der Waals surface area (Å²) >= 11 is 3.40. The Balaban J connectivity index is 2.68. The Kier molecular flexibility index (Phi) is 3.91. The first kappa shape index (κ1) is 12.2. The van der Waals surface area contributed by atoms with E-state index in [2.05, 4.69) is 33.4 Å². The molecule has 0 radical (unpaired) electrons. The number of halogens is 1. The predicted molar refractivity (Wildman–Crippen MR) is 65.7 cm³/mol. The first-order chi connectivity index (χ1) is 6.89. The van der Waals surface area contributed by atoms with Gasteiger partial charge in [0.15, 0.2) is 0 Å². The maximum atomic E-state index is 11.0. The third kappa shape index (κ3) is 4.47. The Morgan fingerprint density at radius 2 is 1.87 bits per heavy atom. The average Bonchev–Trinajstić information content (AvgIpc) is 2.06. The summed E-state index contributed by atoms with van der Waals surface area (Å²) in [5, 5.41) is 2.93. The van der Waals surface area contributed by atoms with Gasteiger partial charge in [-0.2, -0.15) is 0 Å². The lowest BCUT2D eigenvalue weighted by atomic mass is 9.95. The van der Waals surface area contributed by atoms with E-state index in [0.29, 0.717) is 0 Å². The van der Waals surface area contributed by atoms with Crippen LogP contribution in [0.2, 0.25) is 0 Å². The summed E-state index contributed by atoms with van der Waals surface area (Å²) in [7, 11) is 0. The van der Waals surface area contributed by atoms with E-state index < -0.39 is 0 Å². The molecule has 1 aromatic rings. The highest BCUT2D eigenvalue weighted by Gasteiger charge is 2.18. The zero-order valence-corrected chi connectivity index (χ0v) is 10.9. The van der Waals surface area contributed by atoms with Crippen LogP contribution in [0.1, 0.15) is 26.3 Å². The van der Waals surface area contributed by atoms with E-state index in [1.54, 1.807) is 6.92 Å². The summed E-state index contributed by atoms with van der Waals surface area (Å²) in [6.45, 7) is 5.59. The second-order valence-electron chi connectivity index (χ2n) is 4.37. The Morgan fingerprint density at radius 1 is 1.33 bits per heavy atom. The second-order valence-corrected chi connectivity index (χ2v) is 5.28. The molecular formula is C12H16BrNO. The van der Waals surface area contributed by atoms with Crippen molar-refractivity contribution in [2.75, 3.05) is 0 Å². The summed E-state index contributed by atoms with van der Waals surface area (Å²) in [6, 6.07) is 8.15. The van der Waals surface area contributed by atoms with Crippen molar-refractivity contribution >= 4 is 21.8 Å². The second kappa shape index (κ2) is 4.79. The molecule has 0 saturated carbocycles. The molecule has 0 aromatic heterocycles. The quantitative estimate of drug-likeness (QED) is 0.899. The third-order valence-electron chi connectivity index (χ3n) is 2.07. The Hall–Kier alpha value is -0.830. The van der Waals surface area contributed by atoms with Crippen molar-refractivity contribution in [1.29, 1.82) is 0 Å². The van der Waals surface area contributed by atoms with Crippen molar-refractivity contribution < 1.29 is 4.79 Å². The third-order valence-corrected chi connectivity index (χ3v) is 2.60. The lowest BCUT2D eigenvalue weighted by Crippen LogP contribution is -2.43. The van der Waals surface area contributed by atoms with Crippen molar-refractivity contribution in [3.05, 3.63) is 34.3 Å². The Bertz CT molecular complexity index is 343. The molecule has 0 aliphatic heterocycles. The maximum absolute atomic E-state index is 11.0. The van der Waals surface area contributed by atoms with Gasteiger partial charge in [-0.1, -0.05) is 28.1 Å². The van der Waals surface area contributed by atoms with Crippen LogP contribution < -0.4 is 5.32 Å². The fourth-order valence-electron chi connectivity index (χ4n) is 1.63. The summed E-state index contributed by atoms with van der Waals surface area (Å²) in [5.74, 6) is 0.0112. The van der Waals surface area contributed by atoms with Gasteiger partial charge in [-0.3, -0.25) is 4.79 Å². The molecule has 0 fully saturated rings. The topological polar surface area (TPSA) is 29.1 Å². The van der Waals surface area contributed by atoms with Crippen LogP contribution in [0.15, 0.2) is 28.7 Å². The van der Waals surface area contributed by atoms with Crippen LogP contribution in [-0.2, 0) is 11.2 Å². The van der Waals surface area contributed by atoms with Crippen LogP contribution in [0.3, 0.4) is 0 Å². The molecule has 1 N–H and O–H groups in total. The number of nitrogens with one attached hydrogen (secondary N) is 1. The molecule has 1 aromatic carbocycles. The van der Waals surface area contributed by atoms with Gasteiger partial charge in [0.05, 0.1) is 0 Å². The van der Waals surface area contributed by atoms with E-state index in [1.165, 1.54) is 5.56 Å². The van der Waals surface area contributed by atoms with E-state index in [0.717, 1.165) is 10.9 Å². The van der Waals surface area contributed by atoms with Gasteiger partial charge < -0.3 is 5.32 Å². The van der Waals surface area contributed by atoms with E-state index in [9.17, 15) is 4.79 Å². The normalized spacial score (nSPS) is 11.2. The minimum Gasteiger partial charge on any atom is -0.351 e. The van der Waals surface area contributed by atoms with Gasteiger partial charge in [0.2, 0.25) is 5.91 Å². The maximum Gasteiger partial charge on any atom is 0.217 e. The van der Waals surface area contributed by atoms with E-state index in [4.69, 9.17) is 0 Å². The first-order valence-electron chi connectivity index (χ1n) is 4.92. The monoisotopic (exact) mass is 269 g/mol. The molecule has 0 bridgehead atoms. The predicted octanol–water partition coefficient (Wildman–Crippen LogP) is 2.91.